The second-order valence-electron chi connectivity index (χ2n) is 4.60. The highest BCUT2D eigenvalue weighted by atomic mass is 32.1. The summed E-state index contributed by atoms with van der Waals surface area (Å²) in [6.07, 6.45) is 0. The van der Waals surface area contributed by atoms with E-state index in [1.54, 1.807) is 14.0 Å². The number of aryl methyl sites for hydroxylation is 1. The van der Waals surface area contributed by atoms with E-state index in [2.05, 4.69) is 4.98 Å². The van der Waals surface area contributed by atoms with Gasteiger partial charge in [0.15, 0.2) is 0 Å². The Hall–Kier alpha value is -2.40. The summed E-state index contributed by atoms with van der Waals surface area (Å²) in [6, 6.07) is 11.7. The number of aromatic nitrogens is 1. The molecule has 0 atom stereocenters. The molecule has 0 bridgehead atoms. The summed E-state index contributed by atoms with van der Waals surface area (Å²) >= 11 is 1.20. The van der Waals surface area contributed by atoms with Gasteiger partial charge in [0.25, 0.3) is 0 Å². The van der Waals surface area contributed by atoms with Crippen LogP contribution < -0.4 is 4.74 Å². The number of thiazole rings is 1. The zero-order valence-corrected chi connectivity index (χ0v) is 12.4. The van der Waals surface area contributed by atoms with Gasteiger partial charge >= 0.3 is 5.97 Å². The number of rotatable bonds is 3. The number of ether oxygens (including phenoxy) is 1. The summed E-state index contributed by atoms with van der Waals surface area (Å²) in [5.41, 5.74) is 1.47. The van der Waals surface area contributed by atoms with Gasteiger partial charge in [0.1, 0.15) is 15.6 Å². The molecule has 1 N–H and O–H groups in total. The number of carbonyl (C=O) groups is 1. The van der Waals surface area contributed by atoms with Crippen LogP contribution in [0.2, 0.25) is 0 Å². The molecule has 4 nitrogen and oxygen atoms in total. The van der Waals surface area contributed by atoms with Crippen molar-refractivity contribution in [2.24, 2.45) is 0 Å². The van der Waals surface area contributed by atoms with Crippen molar-refractivity contribution in [1.82, 2.24) is 4.98 Å². The number of methoxy groups -OCH3 is 1. The molecule has 0 spiro atoms. The summed E-state index contributed by atoms with van der Waals surface area (Å²) in [7, 11) is 1.64. The summed E-state index contributed by atoms with van der Waals surface area (Å²) in [4.78, 5) is 15.9. The fourth-order valence-electron chi connectivity index (χ4n) is 2.35. The maximum Gasteiger partial charge on any atom is 0.347 e. The first kappa shape index (κ1) is 13.6. The molecule has 3 aromatic rings. The molecule has 5 heteroatoms. The average Bonchev–Trinajstić information content (AvgIpc) is 2.88. The van der Waals surface area contributed by atoms with Crippen LogP contribution in [0.5, 0.6) is 5.75 Å². The largest absolute Gasteiger partial charge is 0.496 e. The van der Waals surface area contributed by atoms with Crippen LogP contribution in [-0.4, -0.2) is 23.2 Å². The topological polar surface area (TPSA) is 59.4 Å². The first-order chi connectivity index (χ1) is 10.1. The number of carboxylic acid groups (broad SMARTS) is 1. The molecule has 2 aromatic carbocycles. The fraction of sp³-hybridized carbons (Fsp3) is 0.125. The van der Waals surface area contributed by atoms with Crippen LogP contribution >= 0.6 is 11.3 Å². The highest BCUT2D eigenvalue weighted by Gasteiger charge is 2.17. The molecule has 0 unspecified atom stereocenters. The van der Waals surface area contributed by atoms with Gasteiger partial charge in [-0.2, -0.15) is 0 Å². The van der Waals surface area contributed by atoms with Gasteiger partial charge in [-0.3, -0.25) is 0 Å². The number of fused-ring (bicyclic) bond motifs is 1. The van der Waals surface area contributed by atoms with E-state index in [9.17, 15) is 9.90 Å². The number of hydrogen-bond acceptors (Lipinski definition) is 4. The fourth-order valence-corrected chi connectivity index (χ4v) is 3.29. The molecular weight excluding hydrogens is 286 g/mol. The summed E-state index contributed by atoms with van der Waals surface area (Å²) < 4.78 is 5.37. The zero-order valence-electron chi connectivity index (χ0n) is 11.6. The van der Waals surface area contributed by atoms with E-state index in [0.29, 0.717) is 10.7 Å². The Kier molecular flexibility index (Phi) is 3.35. The van der Waals surface area contributed by atoms with Gasteiger partial charge in [-0.25, -0.2) is 9.78 Å². The van der Waals surface area contributed by atoms with Gasteiger partial charge in [-0.15, -0.1) is 11.3 Å². The van der Waals surface area contributed by atoms with Crippen molar-refractivity contribution < 1.29 is 14.6 Å². The lowest BCUT2D eigenvalue weighted by molar-refractivity contribution is 0.0701. The van der Waals surface area contributed by atoms with Crippen molar-refractivity contribution in [3.05, 3.63) is 47.0 Å². The van der Waals surface area contributed by atoms with E-state index < -0.39 is 5.97 Å². The van der Waals surface area contributed by atoms with Gasteiger partial charge in [0.2, 0.25) is 0 Å². The van der Waals surface area contributed by atoms with Crippen LogP contribution in [0.4, 0.5) is 0 Å². The number of nitrogens with zero attached hydrogens (tertiary/aromatic N) is 1. The highest BCUT2D eigenvalue weighted by Crippen LogP contribution is 2.36. The Morgan fingerprint density at radius 3 is 2.52 bits per heavy atom. The Bertz CT molecular complexity index is 839. The van der Waals surface area contributed by atoms with E-state index in [0.717, 1.165) is 22.1 Å². The van der Waals surface area contributed by atoms with Crippen LogP contribution in [0.3, 0.4) is 0 Å². The summed E-state index contributed by atoms with van der Waals surface area (Å²) in [5, 5.41) is 11.9. The molecule has 1 aromatic heterocycles. The molecule has 0 aliphatic heterocycles. The highest BCUT2D eigenvalue weighted by molar-refractivity contribution is 7.17. The minimum atomic E-state index is -0.936. The molecule has 0 aliphatic carbocycles. The molecule has 0 aliphatic rings. The third kappa shape index (κ3) is 2.25. The second-order valence-corrected chi connectivity index (χ2v) is 5.60. The van der Waals surface area contributed by atoms with Gasteiger partial charge in [0.05, 0.1) is 12.8 Å². The smallest absolute Gasteiger partial charge is 0.347 e. The van der Waals surface area contributed by atoms with Crippen molar-refractivity contribution in [2.75, 3.05) is 7.11 Å². The number of carboxylic acids is 1. The van der Waals surface area contributed by atoms with Crippen LogP contribution in [-0.2, 0) is 0 Å². The Balaban J connectivity index is 2.26. The maximum atomic E-state index is 11.2. The zero-order chi connectivity index (χ0) is 15.0. The van der Waals surface area contributed by atoms with Crippen molar-refractivity contribution in [3.63, 3.8) is 0 Å². The van der Waals surface area contributed by atoms with Crippen molar-refractivity contribution >= 4 is 28.1 Å². The van der Waals surface area contributed by atoms with Gasteiger partial charge in [0, 0.05) is 10.9 Å². The number of hydrogen-bond donors (Lipinski definition) is 1. The van der Waals surface area contributed by atoms with E-state index >= 15 is 0 Å². The summed E-state index contributed by atoms with van der Waals surface area (Å²) in [5.74, 6) is -0.143. The number of benzene rings is 2. The Morgan fingerprint density at radius 2 is 1.90 bits per heavy atom. The van der Waals surface area contributed by atoms with Gasteiger partial charge in [-0.05, 0) is 24.4 Å². The van der Waals surface area contributed by atoms with E-state index in [4.69, 9.17) is 4.74 Å². The first-order valence-electron chi connectivity index (χ1n) is 6.38. The lowest BCUT2D eigenvalue weighted by Gasteiger charge is -2.08. The van der Waals surface area contributed by atoms with Gasteiger partial charge in [-0.1, -0.05) is 24.3 Å². The molecule has 0 saturated heterocycles. The van der Waals surface area contributed by atoms with Gasteiger partial charge < -0.3 is 9.84 Å². The maximum absolute atomic E-state index is 11.2. The van der Waals surface area contributed by atoms with Crippen LogP contribution in [0, 0.1) is 6.92 Å². The Labute approximate surface area is 125 Å². The molecule has 106 valence electrons. The van der Waals surface area contributed by atoms with Crippen LogP contribution in [0.1, 0.15) is 15.4 Å². The second kappa shape index (κ2) is 5.18. The molecule has 1 heterocycles. The standard InChI is InChI=1S/C16H13NO3S/c1-9-14(16(18)19)21-15(17-9)12-7-8-13(20-2)11-6-4-3-5-10(11)12/h3-8H,1-2H3,(H,18,19). The van der Waals surface area contributed by atoms with Crippen LogP contribution in [0.15, 0.2) is 36.4 Å². The van der Waals surface area contributed by atoms with Crippen LogP contribution in [0.25, 0.3) is 21.3 Å². The average molecular weight is 299 g/mol. The third-order valence-electron chi connectivity index (χ3n) is 3.33. The molecular formula is C16H13NO3S. The summed E-state index contributed by atoms with van der Waals surface area (Å²) in [6.45, 7) is 1.72. The molecule has 3 rings (SSSR count). The Morgan fingerprint density at radius 1 is 1.19 bits per heavy atom. The van der Waals surface area contributed by atoms with Crippen molar-refractivity contribution in [2.45, 2.75) is 6.92 Å². The molecule has 0 saturated carbocycles. The predicted octanol–water partition coefficient (Wildman–Crippen LogP) is 3.98. The quantitative estimate of drug-likeness (QED) is 0.794. The van der Waals surface area contributed by atoms with E-state index in [1.165, 1.54) is 11.3 Å². The van der Waals surface area contributed by atoms with E-state index in [1.807, 2.05) is 36.4 Å². The minimum Gasteiger partial charge on any atom is -0.496 e. The lowest BCUT2D eigenvalue weighted by Crippen LogP contribution is -1.94. The molecule has 21 heavy (non-hydrogen) atoms. The van der Waals surface area contributed by atoms with E-state index in [-0.39, 0.29) is 4.88 Å². The van der Waals surface area contributed by atoms with Crippen molar-refractivity contribution in [1.29, 1.82) is 0 Å². The lowest BCUT2D eigenvalue weighted by atomic mass is 10.0. The molecule has 0 fully saturated rings. The normalized spacial score (nSPS) is 10.8. The van der Waals surface area contributed by atoms with Crippen molar-refractivity contribution in [3.8, 4) is 16.3 Å². The molecule has 0 radical (unpaired) electrons. The minimum absolute atomic E-state index is 0.282. The number of aromatic carboxylic acids is 1. The SMILES string of the molecule is COc1ccc(-c2nc(C)c(C(=O)O)s2)c2ccccc12. The monoisotopic (exact) mass is 299 g/mol. The predicted molar refractivity (Wildman–Crippen MR) is 83.3 cm³/mol. The third-order valence-corrected chi connectivity index (χ3v) is 4.50. The molecule has 0 amide bonds. The first-order valence-corrected chi connectivity index (χ1v) is 7.20.